The highest BCUT2D eigenvalue weighted by atomic mass is 35.5. The quantitative estimate of drug-likeness (QED) is 0.820. The standard InChI is InChI=1S/C20H22Cl2N4O2/c21-14-3-4-15(27)17(18(14)22)13-9-16-23-24-19(26(16)10-13)11-5-7-25(8-6-11)20(28)12-1-2-12/h3-4,11-13,27H,1-2,5-10H2. The van der Waals surface area contributed by atoms with E-state index in [1.165, 1.54) is 0 Å². The highest BCUT2D eigenvalue weighted by molar-refractivity contribution is 6.42. The first-order valence-corrected chi connectivity index (χ1v) is 10.7. The molecule has 1 unspecified atom stereocenters. The molecule has 1 saturated heterocycles. The van der Waals surface area contributed by atoms with Gasteiger partial charge in [-0.3, -0.25) is 4.79 Å². The second-order valence-corrected chi connectivity index (χ2v) is 8.94. The highest BCUT2D eigenvalue weighted by Gasteiger charge is 2.37. The molecule has 2 aromatic rings. The molecule has 1 saturated carbocycles. The van der Waals surface area contributed by atoms with E-state index in [1.54, 1.807) is 12.1 Å². The van der Waals surface area contributed by atoms with Gasteiger partial charge >= 0.3 is 0 Å². The van der Waals surface area contributed by atoms with E-state index < -0.39 is 0 Å². The van der Waals surface area contributed by atoms with Gasteiger partial charge in [-0.15, -0.1) is 10.2 Å². The van der Waals surface area contributed by atoms with E-state index in [4.69, 9.17) is 23.2 Å². The van der Waals surface area contributed by atoms with E-state index in [9.17, 15) is 9.90 Å². The summed E-state index contributed by atoms with van der Waals surface area (Å²) in [5.41, 5.74) is 0.690. The summed E-state index contributed by atoms with van der Waals surface area (Å²) in [5.74, 6) is 3.05. The van der Waals surface area contributed by atoms with Crippen LogP contribution in [0.25, 0.3) is 0 Å². The molecule has 6 nitrogen and oxygen atoms in total. The van der Waals surface area contributed by atoms with Crippen LogP contribution in [0.15, 0.2) is 12.1 Å². The van der Waals surface area contributed by atoms with Crippen molar-refractivity contribution in [1.82, 2.24) is 19.7 Å². The summed E-state index contributed by atoms with van der Waals surface area (Å²) >= 11 is 12.5. The fourth-order valence-corrected chi connectivity index (χ4v) is 5.07. The van der Waals surface area contributed by atoms with Gasteiger partial charge in [-0.05, 0) is 37.8 Å². The number of phenols is 1. The van der Waals surface area contributed by atoms with Gasteiger partial charge in [-0.1, -0.05) is 23.2 Å². The highest BCUT2D eigenvalue weighted by Crippen LogP contribution is 2.43. The van der Waals surface area contributed by atoms with Gasteiger partial charge in [-0.2, -0.15) is 0 Å². The maximum absolute atomic E-state index is 12.3. The third-order valence-electron chi connectivity index (χ3n) is 6.30. The minimum atomic E-state index is 0.0342. The van der Waals surface area contributed by atoms with Gasteiger partial charge in [0, 0.05) is 49.4 Å². The van der Waals surface area contributed by atoms with Crippen molar-refractivity contribution in [2.24, 2.45) is 5.92 Å². The van der Waals surface area contributed by atoms with Crippen LogP contribution in [0.1, 0.15) is 54.7 Å². The molecule has 1 atom stereocenters. The summed E-state index contributed by atoms with van der Waals surface area (Å²) in [6.45, 7) is 2.28. The molecule has 1 aromatic carbocycles. The molecular weight excluding hydrogens is 399 g/mol. The van der Waals surface area contributed by atoms with Crippen LogP contribution in [0.4, 0.5) is 0 Å². The molecule has 2 fully saturated rings. The van der Waals surface area contributed by atoms with E-state index in [-0.39, 0.29) is 17.6 Å². The molecule has 5 rings (SSSR count). The lowest BCUT2D eigenvalue weighted by atomic mass is 9.95. The van der Waals surface area contributed by atoms with Crippen LogP contribution >= 0.6 is 23.2 Å². The Morgan fingerprint density at radius 2 is 1.82 bits per heavy atom. The van der Waals surface area contributed by atoms with Gasteiger partial charge < -0.3 is 14.6 Å². The minimum absolute atomic E-state index is 0.0342. The lowest BCUT2D eigenvalue weighted by Gasteiger charge is -2.31. The van der Waals surface area contributed by atoms with E-state index in [1.807, 2.05) is 4.90 Å². The average molecular weight is 421 g/mol. The zero-order valence-electron chi connectivity index (χ0n) is 15.4. The van der Waals surface area contributed by atoms with Crippen LogP contribution in [-0.2, 0) is 17.8 Å². The number of halogens is 2. The summed E-state index contributed by atoms with van der Waals surface area (Å²) in [7, 11) is 0. The van der Waals surface area contributed by atoms with Gasteiger partial charge in [0.25, 0.3) is 0 Å². The lowest BCUT2D eigenvalue weighted by molar-refractivity contribution is -0.133. The normalized spacial score (nSPS) is 22.5. The number of carbonyl (C=O) groups is 1. The fourth-order valence-electron chi connectivity index (χ4n) is 4.59. The molecular formula is C20H22Cl2N4O2. The van der Waals surface area contributed by atoms with Crippen molar-refractivity contribution >= 4 is 29.1 Å². The molecule has 0 bridgehead atoms. The SMILES string of the molecule is O=C(C1CC1)N1CCC(c2nnc3n2CC(c2c(O)ccc(Cl)c2Cl)C3)CC1. The zero-order chi connectivity index (χ0) is 19.4. The number of hydrogen-bond acceptors (Lipinski definition) is 4. The molecule has 8 heteroatoms. The Morgan fingerprint density at radius 3 is 2.54 bits per heavy atom. The number of fused-ring (bicyclic) bond motifs is 1. The topological polar surface area (TPSA) is 71.2 Å². The molecule has 3 aliphatic rings. The Balaban J connectivity index is 1.32. The van der Waals surface area contributed by atoms with Crippen LogP contribution in [0.5, 0.6) is 5.75 Å². The zero-order valence-corrected chi connectivity index (χ0v) is 17.0. The van der Waals surface area contributed by atoms with E-state index >= 15 is 0 Å². The molecule has 3 heterocycles. The summed E-state index contributed by atoms with van der Waals surface area (Å²) in [6.07, 6.45) is 4.63. The summed E-state index contributed by atoms with van der Waals surface area (Å²) in [5, 5.41) is 20.0. The lowest BCUT2D eigenvalue weighted by Crippen LogP contribution is -2.39. The molecule has 0 radical (unpaired) electrons. The first-order chi connectivity index (χ1) is 13.5. The second kappa shape index (κ2) is 6.92. The smallest absolute Gasteiger partial charge is 0.225 e. The Kier molecular flexibility index (Phi) is 4.51. The van der Waals surface area contributed by atoms with Gasteiger partial charge in [0.05, 0.1) is 10.0 Å². The third-order valence-corrected chi connectivity index (χ3v) is 7.12. The van der Waals surface area contributed by atoms with Crippen molar-refractivity contribution in [1.29, 1.82) is 0 Å². The number of amides is 1. The summed E-state index contributed by atoms with van der Waals surface area (Å²) < 4.78 is 2.17. The number of carbonyl (C=O) groups excluding carboxylic acids is 1. The monoisotopic (exact) mass is 420 g/mol. The first kappa shape index (κ1) is 18.3. The van der Waals surface area contributed by atoms with Crippen molar-refractivity contribution in [3.63, 3.8) is 0 Å². The predicted molar refractivity (Wildman–Crippen MR) is 106 cm³/mol. The third kappa shape index (κ3) is 3.07. The van der Waals surface area contributed by atoms with Crippen molar-refractivity contribution in [2.75, 3.05) is 13.1 Å². The number of hydrogen-bond donors (Lipinski definition) is 1. The van der Waals surface area contributed by atoms with Gasteiger partial charge in [0.2, 0.25) is 5.91 Å². The number of likely N-dealkylation sites (tertiary alicyclic amines) is 1. The fraction of sp³-hybridized carbons (Fsp3) is 0.550. The molecule has 148 valence electrons. The van der Waals surface area contributed by atoms with Crippen molar-refractivity contribution < 1.29 is 9.90 Å². The van der Waals surface area contributed by atoms with E-state index in [0.29, 0.717) is 40.4 Å². The minimum Gasteiger partial charge on any atom is -0.508 e. The van der Waals surface area contributed by atoms with Gasteiger partial charge in [0.1, 0.15) is 17.4 Å². The average Bonchev–Trinajstić information content (AvgIpc) is 3.35. The number of benzene rings is 1. The number of phenolic OH excluding ortho intramolecular Hbond substituents is 1. The predicted octanol–water partition coefficient (Wildman–Crippen LogP) is 3.75. The number of rotatable bonds is 3. The van der Waals surface area contributed by atoms with E-state index in [0.717, 1.165) is 50.4 Å². The van der Waals surface area contributed by atoms with Gasteiger partial charge in [-0.25, -0.2) is 0 Å². The van der Waals surface area contributed by atoms with Crippen LogP contribution in [0, 0.1) is 5.92 Å². The summed E-state index contributed by atoms with van der Waals surface area (Å²) in [6, 6.07) is 3.20. The number of nitrogens with zero attached hydrogens (tertiary/aromatic N) is 4. The Hall–Kier alpha value is -1.79. The molecule has 1 N–H and O–H groups in total. The largest absolute Gasteiger partial charge is 0.508 e. The molecule has 1 aromatic heterocycles. The Morgan fingerprint density at radius 1 is 1.07 bits per heavy atom. The number of aromatic hydroxyl groups is 1. The molecule has 1 aliphatic carbocycles. The summed E-state index contributed by atoms with van der Waals surface area (Å²) in [4.78, 5) is 14.3. The van der Waals surface area contributed by atoms with Crippen LogP contribution in [0.2, 0.25) is 10.0 Å². The maximum atomic E-state index is 12.3. The number of piperidine rings is 1. The van der Waals surface area contributed by atoms with Crippen LogP contribution in [0.3, 0.4) is 0 Å². The van der Waals surface area contributed by atoms with Crippen LogP contribution in [-0.4, -0.2) is 43.8 Å². The maximum Gasteiger partial charge on any atom is 0.225 e. The molecule has 2 aliphatic heterocycles. The van der Waals surface area contributed by atoms with Crippen molar-refractivity contribution in [2.45, 2.75) is 50.5 Å². The van der Waals surface area contributed by atoms with Crippen molar-refractivity contribution in [3.8, 4) is 5.75 Å². The molecule has 0 spiro atoms. The Labute approximate surface area is 173 Å². The van der Waals surface area contributed by atoms with Crippen molar-refractivity contribution in [3.05, 3.63) is 39.4 Å². The Bertz CT molecular complexity index is 933. The van der Waals surface area contributed by atoms with E-state index in [2.05, 4.69) is 14.8 Å². The number of aromatic nitrogens is 3. The second-order valence-electron chi connectivity index (χ2n) is 8.15. The van der Waals surface area contributed by atoms with Crippen LogP contribution < -0.4 is 0 Å². The molecule has 1 amide bonds. The van der Waals surface area contributed by atoms with Gasteiger partial charge in [0.15, 0.2) is 0 Å². The first-order valence-electron chi connectivity index (χ1n) is 9.90. The molecule has 28 heavy (non-hydrogen) atoms.